The molecule has 0 aromatic heterocycles. The predicted molar refractivity (Wildman–Crippen MR) is 67.9 cm³/mol. The zero-order chi connectivity index (χ0) is 12.1. The standard InChI is InChI=1S/C14H21NO2/c1-2-13(11-16)15-8-9-17-14(10-15)12-6-4-3-5-7-12/h3-7,13-14,16H,2,8-11H2,1H3. The molecule has 1 fully saturated rings. The van der Waals surface area contributed by atoms with Gasteiger partial charge >= 0.3 is 0 Å². The molecule has 0 amide bonds. The third-order valence-electron chi connectivity index (χ3n) is 3.47. The maximum absolute atomic E-state index is 9.35. The van der Waals surface area contributed by atoms with Gasteiger partial charge in [0.05, 0.1) is 19.3 Å². The lowest BCUT2D eigenvalue weighted by Gasteiger charge is -2.37. The first-order valence-electron chi connectivity index (χ1n) is 6.36. The number of benzene rings is 1. The molecule has 1 aliphatic rings. The number of hydrogen-bond acceptors (Lipinski definition) is 3. The van der Waals surface area contributed by atoms with E-state index in [0.717, 1.165) is 26.1 Å². The fourth-order valence-electron chi connectivity index (χ4n) is 2.37. The molecule has 1 aromatic rings. The van der Waals surface area contributed by atoms with E-state index in [-0.39, 0.29) is 18.8 Å². The highest BCUT2D eigenvalue weighted by Crippen LogP contribution is 2.23. The van der Waals surface area contributed by atoms with E-state index in [9.17, 15) is 5.11 Å². The van der Waals surface area contributed by atoms with Crippen LogP contribution in [0.1, 0.15) is 25.0 Å². The molecule has 0 aliphatic carbocycles. The van der Waals surface area contributed by atoms with E-state index in [1.165, 1.54) is 5.56 Å². The minimum atomic E-state index is 0.144. The summed E-state index contributed by atoms with van der Waals surface area (Å²) in [6, 6.07) is 10.6. The zero-order valence-electron chi connectivity index (χ0n) is 10.4. The summed E-state index contributed by atoms with van der Waals surface area (Å²) in [6.07, 6.45) is 1.13. The van der Waals surface area contributed by atoms with Crippen molar-refractivity contribution in [2.24, 2.45) is 0 Å². The smallest absolute Gasteiger partial charge is 0.0952 e. The van der Waals surface area contributed by atoms with Gasteiger partial charge in [-0.3, -0.25) is 4.90 Å². The fourth-order valence-corrected chi connectivity index (χ4v) is 2.37. The molecule has 0 spiro atoms. The lowest BCUT2D eigenvalue weighted by molar-refractivity contribution is -0.0528. The van der Waals surface area contributed by atoms with E-state index in [1.807, 2.05) is 18.2 Å². The Morgan fingerprint density at radius 2 is 2.18 bits per heavy atom. The quantitative estimate of drug-likeness (QED) is 0.864. The van der Waals surface area contributed by atoms with E-state index in [1.54, 1.807) is 0 Å². The van der Waals surface area contributed by atoms with Crippen molar-refractivity contribution in [1.29, 1.82) is 0 Å². The minimum Gasteiger partial charge on any atom is -0.395 e. The molecule has 1 aliphatic heterocycles. The summed E-state index contributed by atoms with van der Waals surface area (Å²) >= 11 is 0. The molecule has 0 radical (unpaired) electrons. The van der Waals surface area contributed by atoms with Crippen LogP contribution in [0.25, 0.3) is 0 Å². The van der Waals surface area contributed by atoms with Crippen molar-refractivity contribution in [3.63, 3.8) is 0 Å². The number of ether oxygens (including phenoxy) is 1. The molecular weight excluding hydrogens is 214 g/mol. The lowest BCUT2D eigenvalue weighted by Crippen LogP contribution is -2.46. The van der Waals surface area contributed by atoms with Gasteiger partial charge in [0.1, 0.15) is 0 Å². The summed E-state index contributed by atoms with van der Waals surface area (Å²) in [4.78, 5) is 2.33. The molecule has 1 saturated heterocycles. The van der Waals surface area contributed by atoms with Crippen LogP contribution in [-0.2, 0) is 4.74 Å². The van der Waals surface area contributed by atoms with E-state index in [2.05, 4.69) is 24.0 Å². The van der Waals surface area contributed by atoms with Crippen LogP contribution in [0, 0.1) is 0 Å². The number of morpholine rings is 1. The largest absolute Gasteiger partial charge is 0.395 e. The average Bonchev–Trinajstić information content (AvgIpc) is 2.42. The minimum absolute atomic E-state index is 0.144. The third kappa shape index (κ3) is 3.06. The second kappa shape index (κ2) is 6.15. The molecule has 17 heavy (non-hydrogen) atoms. The fraction of sp³-hybridized carbons (Fsp3) is 0.571. The van der Waals surface area contributed by atoms with Crippen LogP contribution in [0.2, 0.25) is 0 Å². The van der Waals surface area contributed by atoms with Crippen LogP contribution in [0.4, 0.5) is 0 Å². The summed E-state index contributed by atoms with van der Waals surface area (Å²) < 4.78 is 5.81. The Kier molecular flexibility index (Phi) is 4.54. The van der Waals surface area contributed by atoms with Crippen molar-refractivity contribution in [1.82, 2.24) is 4.90 Å². The average molecular weight is 235 g/mol. The summed E-state index contributed by atoms with van der Waals surface area (Å²) in [5, 5.41) is 9.35. The molecular formula is C14H21NO2. The van der Waals surface area contributed by atoms with Gasteiger partial charge in [0, 0.05) is 19.1 Å². The third-order valence-corrected chi connectivity index (χ3v) is 3.47. The van der Waals surface area contributed by atoms with Gasteiger partial charge in [-0.25, -0.2) is 0 Å². The van der Waals surface area contributed by atoms with E-state index >= 15 is 0 Å². The van der Waals surface area contributed by atoms with Crippen LogP contribution in [0.5, 0.6) is 0 Å². The highest BCUT2D eigenvalue weighted by atomic mass is 16.5. The second-order valence-electron chi connectivity index (χ2n) is 4.51. The van der Waals surface area contributed by atoms with Gasteiger partial charge in [-0.1, -0.05) is 37.3 Å². The van der Waals surface area contributed by atoms with Gasteiger partial charge < -0.3 is 9.84 Å². The monoisotopic (exact) mass is 235 g/mol. The Morgan fingerprint density at radius 1 is 1.41 bits per heavy atom. The Balaban J connectivity index is 2.02. The van der Waals surface area contributed by atoms with Crippen LogP contribution in [0.3, 0.4) is 0 Å². The van der Waals surface area contributed by atoms with Gasteiger partial charge in [0.25, 0.3) is 0 Å². The summed E-state index contributed by atoms with van der Waals surface area (Å²) in [7, 11) is 0. The topological polar surface area (TPSA) is 32.7 Å². The molecule has 1 aromatic carbocycles. The summed E-state index contributed by atoms with van der Waals surface area (Å²) in [5.74, 6) is 0. The highest BCUT2D eigenvalue weighted by Gasteiger charge is 2.25. The summed E-state index contributed by atoms with van der Waals surface area (Å²) in [6.45, 7) is 4.90. The van der Waals surface area contributed by atoms with Crippen molar-refractivity contribution in [3.05, 3.63) is 35.9 Å². The van der Waals surface area contributed by atoms with Crippen LogP contribution >= 0.6 is 0 Å². The number of nitrogens with zero attached hydrogens (tertiary/aromatic N) is 1. The molecule has 2 unspecified atom stereocenters. The molecule has 0 saturated carbocycles. The van der Waals surface area contributed by atoms with Crippen molar-refractivity contribution in [2.75, 3.05) is 26.3 Å². The number of hydrogen-bond donors (Lipinski definition) is 1. The van der Waals surface area contributed by atoms with Crippen LogP contribution < -0.4 is 0 Å². The maximum atomic E-state index is 9.35. The Morgan fingerprint density at radius 3 is 2.82 bits per heavy atom. The van der Waals surface area contributed by atoms with E-state index in [0.29, 0.717) is 0 Å². The molecule has 0 bridgehead atoms. The van der Waals surface area contributed by atoms with Crippen LogP contribution in [-0.4, -0.2) is 42.4 Å². The number of aliphatic hydroxyl groups excluding tert-OH is 1. The van der Waals surface area contributed by atoms with Crippen molar-refractivity contribution in [3.8, 4) is 0 Å². The first-order chi connectivity index (χ1) is 8.35. The van der Waals surface area contributed by atoms with Gasteiger partial charge in [0.15, 0.2) is 0 Å². The molecule has 1 heterocycles. The Labute approximate surface area is 103 Å². The first kappa shape index (κ1) is 12.6. The van der Waals surface area contributed by atoms with E-state index < -0.39 is 0 Å². The van der Waals surface area contributed by atoms with Gasteiger partial charge in [-0.05, 0) is 12.0 Å². The van der Waals surface area contributed by atoms with E-state index in [4.69, 9.17) is 4.74 Å². The SMILES string of the molecule is CCC(CO)N1CCOC(c2ccccc2)C1. The van der Waals surface area contributed by atoms with Gasteiger partial charge in [-0.2, -0.15) is 0 Å². The lowest BCUT2D eigenvalue weighted by atomic mass is 10.1. The molecule has 2 rings (SSSR count). The molecule has 94 valence electrons. The van der Waals surface area contributed by atoms with Crippen molar-refractivity contribution < 1.29 is 9.84 Å². The van der Waals surface area contributed by atoms with Crippen molar-refractivity contribution in [2.45, 2.75) is 25.5 Å². The normalized spacial score (nSPS) is 23.5. The second-order valence-corrected chi connectivity index (χ2v) is 4.51. The number of aliphatic hydroxyl groups is 1. The predicted octanol–water partition coefficient (Wildman–Crippen LogP) is 1.83. The summed E-state index contributed by atoms with van der Waals surface area (Å²) in [5.41, 5.74) is 1.23. The Hall–Kier alpha value is -0.900. The zero-order valence-corrected chi connectivity index (χ0v) is 10.4. The molecule has 2 atom stereocenters. The van der Waals surface area contributed by atoms with Gasteiger partial charge in [0.2, 0.25) is 0 Å². The molecule has 1 N–H and O–H groups in total. The molecule has 3 heteroatoms. The maximum Gasteiger partial charge on any atom is 0.0952 e. The number of rotatable bonds is 4. The van der Waals surface area contributed by atoms with Crippen molar-refractivity contribution >= 4 is 0 Å². The van der Waals surface area contributed by atoms with Crippen LogP contribution in [0.15, 0.2) is 30.3 Å². The van der Waals surface area contributed by atoms with Gasteiger partial charge in [-0.15, -0.1) is 0 Å². The Bertz CT molecular complexity index is 324. The highest BCUT2D eigenvalue weighted by molar-refractivity contribution is 5.18. The molecule has 3 nitrogen and oxygen atoms in total. The first-order valence-corrected chi connectivity index (χ1v) is 6.36.